The number of esters is 1. The molecule has 0 aliphatic carbocycles. The number of hydrogen-bond acceptors (Lipinski definition) is 6. The van der Waals surface area contributed by atoms with E-state index < -0.39 is 57.5 Å². The minimum absolute atomic E-state index is 0.0806. The average Bonchev–Trinajstić information content (AvgIpc) is 2.83. The normalized spacial score (nSPS) is 12.4. The highest BCUT2D eigenvalue weighted by molar-refractivity contribution is 6.12. The molecule has 1 heterocycles. The number of benzene rings is 2. The third-order valence-electron chi connectivity index (χ3n) is 6.00. The van der Waals surface area contributed by atoms with E-state index in [1.165, 1.54) is 12.1 Å². The van der Waals surface area contributed by atoms with Crippen molar-refractivity contribution in [1.82, 2.24) is 10.3 Å². The van der Waals surface area contributed by atoms with Crippen LogP contribution in [0.15, 0.2) is 47.3 Å². The summed E-state index contributed by atoms with van der Waals surface area (Å²) in [5.74, 6) is -3.69. The second-order valence-electron chi connectivity index (χ2n) is 11.0. The number of H-pyrrole nitrogens is 1. The number of nitrogens with two attached hydrogens (primary N) is 1. The monoisotopic (exact) mass is 557 g/mol. The van der Waals surface area contributed by atoms with Gasteiger partial charge in [0.1, 0.15) is 34.9 Å². The lowest BCUT2D eigenvalue weighted by atomic mass is 9.97. The molecule has 40 heavy (non-hydrogen) atoms. The molecule has 1 atom stereocenters. The molecule has 0 saturated carbocycles. The SMILES string of the molecule is CC(C)C[C@H](NCCc1cc(F)c(-c2cc(C(=O)c3ccc(F)cc3)c(N)[nH]c2=O)c(F)c1)C(=O)OC(C)(C)C. The largest absolute Gasteiger partial charge is 0.459 e. The summed E-state index contributed by atoms with van der Waals surface area (Å²) in [6.45, 7) is 9.52. The van der Waals surface area contributed by atoms with E-state index in [0.717, 1.165) is 30.3 Å². The third-order valence-corrected chi connectivity index (χ3v) is 6.00. The van der Waals surface area contributed by atoms with Gasteiger partial charge in [-0.3, -0.25) is 14.4 Å². The van der Waals surface area contributed by atoms with Crippen LogP contribution < -0.4 is 16.6 Å². The molecule has 0 aliphatic heterocycles. The van der Waals surface area contributed by atoms with Crippen LogP contribution in [0.25, 0.3) is 11.1 Å². The third kappa shape index (κ3) is 7.81. The van der Waals surface area contributed by atoms with E-state index in [4.69, 9.17) is 10.5 Å². The van der Waals surface area contributed by atoms with Crippen molar-refractivity contribution in [1.29, 1.82) is 0 Å². The van der Waals surface area contributed by atoms with Crippen LogP contribution in [0.2, 0.25) is 0 Å². The van der Waals surface area contributed by atoms with Gasteiger partial charge in [-0.05, 0) is 94.1 Å². The molecular formula is C30H34F3N3O4. The molecule has 3 aromatic rings. The Morgan fingerprint density at radius 2 is 1.62 bits per heavy atom. The van der Waals surface area contributed by atoms with E-state index in [1.807, 2.05) is 13.8 Å². The van der Waals surface area contributed by atoms with Crippen molar-refractivity contribution >= 4 is 17.6 Å². The van der Waals surface area contributed by atoms with Gasteiger partial charge in [0.15, 0.2) is 5.78 Å². The maximum Gasteiger partial charge on any atom is 0.323 e. The summed E-state index contributed by atoms with van der Waals surface area (Å²) >= 11 is 0. The molecule has 214 valence electrons. The molecule has 3 rings (SSSR count). The van der Waals surface area contributed by atoms with E-state index in [9.17, 15) is 18.8 Å². The number of hydrogen-bond donors (Lipinski definition) is 3. The Bertz CT molecular complexity index is 1420. The van der Waals surface area contributed by atoms with Crippen molar-refractivity contribution in [3.8, 4) is 11.1 Å². The summed E-state index contributed by atoms with van der Waals surface area (Å²) in [6.07, 6.45) is 0.716. The molecule has 0 aliphatic rings. The zero-order valence-corrected chi connectivity index (χ0v) is 23.2. The van der Waals surface area contributed by atoms with Gasteiger partial charge in [-0.1, -0.05) is 13.8 Å². The molecule has 4 N–H and O–H groups in total. The first-order valence-electron chi connectivity index (χ1n) is 12.9. The van der Waals surface area contributed by atoms with Gasteiger partial charge in [0, 0.05) is 5.56 Å². The molecular weight excluding hydrogens is 523 g/mol. The number of ether oxygens (including phenoxy) is 1. The number of nitrogen functional groups attached to an aromatic ring is 1. The average molecular weight is 558 g/mol. The number of aromatic nitrogens is 1. The number of pyridine rings is 1. The predicted molar refractivity (Wildman–Crippen MR) is 147 cm³/mol. The molecule has 7 nitrogen and oxygen atoms in total. The first kappa shape index (κ1) is 30.6. The summed E-state index contributed by atoms with van der Waals surface area (Å²) in [6, 6.07) is 7.28. The Labute approximate surface area is 230 Å². The Morgan fingerprint density at radius 3 is 2.17 bits per heavy atom. The fraction of sp³-hybridized carbons (Fsp3) is 0.367. The molecule has 0 amide bonds. The number of anilines is 1. The molecule has 0 bridgehead atoms. The van der Waals surface area contributed by atoms with E-state index in [-0.39, 0.29) is 35.8 Å². The number of ketones is 1. The van der Waals surface area contributed by atoms with Crippen molar-refractivity contribution < 1.29 is 27.5 Å². The first-order chi connectivity index (χ1) is 18.7. The molecule has 0 fully saturated rings. The van der Waals surface area contributed by atoms with Crippen molar-refractivity contribution in [3.63, 3.8) is 0 Å². The first-order valence-corrected chi connectivity index (χ1v) is 12.9. The van der Waals surface area contributed by atoms with Crippen LogP contribution in [-0.4, -0.2) is 34.9 Å². The van der Waals surface area contributed by atoms with Crippen molar-refractivity contribution in [2.24, 2.45) is 5.92 Å². The van der Waals surface area contributed by atoms with Crippen molar-refractivity contribution in [3.05, 3.63) is 87.0 Å². The lowest BCUT2D eigenvalue weighted by molar-refractivity contribution is -0.158. The van der Waals surface area contributed by atoms with Gasteiger partial charge in [-0.15, -0.1) is 0 Å². The Morgan fingerprint density at radius 1 is 1.02 bits per heavy atom. The van der Waals surface area contributed by atoms with Gasteiger partial charge in [-0.2, -0.15) is 0 Å². The maximum atomic E-state index is 15.2. The van der Waals surface area contributed by atoms with Gasteiger partial charge in [0.25, 0.3) is 5.56 Å². The van der Waals surface area contributed by atoms with Crippen LogP contribution in [0, 0.1) is 23.4 Å². The molecule has 0 unspecified atom stereocenters. The van der Waals surface area contributed by atoms with Crippen molar-refractivity contribution in [2.45, 2.75) is 59.1 Å². The molecule has 0 saturated heterocycles. The lowest BCUT2D eigenvalue weighted by Gasteiger charge is -2.25. The zero-order chi connectivity index (χ0) is 29.8. The number of rotatable bonds is 10. The topological polar surface area (TPSA) is 114 Å². The van der Waals surface area contributed by atoms with E-state index in [2.05, 4.69) is 10.3 Å². The molecule has 1 aromatic heterocycles. The van der Waals surface area contributed by atoms with E-state index in [1.54, 1.807) is 20.8 Å². The Kier molecular flexibility index (Phi) is 9.57. The fourth-order valence-electron chi connectivity index (χ4n) is 4.20. The van der Waals surface area contributed by atoms with Gasteiger partial charge >= 0.3 is 5.97 Å². The van der Waals surface area contributed by atoms with Crippen LogP contribution in [0.5, 0.6) is 0 Å². The predicted octanol–water partition coefficient (Wildman–Crippen LogP) is 5.16. The standard InChI is InChI=1S/C30H34F3N3O4/c1-16(2)12-24(29(39)40-30(3,4)5)35-11-10-17-13-22(32)25(23(33)14-17)20-15-21(27(34)36-28(20)38)26(37)18-6-8-19(31)9-7-18/h6-9,13-16,24,35H,10-12H2,1-5H3,(H3,34,36,38)/t24-/m0/s1. The van der Waals surface area contributed by atoms with Crippen LogP contribution in [-0.2, 0) is 16.0 Å². The highest BCUT2D eigenvalue weighted by atomic mass is 19.1. The van der Waals surface area contributed by atoms with Crippen LogP contribution in [0.4, 0.5) is 19.0 Å². The van der Waals surface area contributed by atoms with Gasteiger partial charge in [0.05, 0.1) is 16.7 Å². The lowest BCUT2D eigenvalue weighted by Crippen LogP contribution is -2.42. The number of nitrogens with one attached hydrogen (secondary N) is 2. The summed E-state index contributed by atoms with van der Waals surface area (Å²) in [5.41, 5.74) is 3.45. The summed E-state index contributed by atoms with van der Waals surface area (Å²) in [4.78, 5) is 40.4. The number of aromatic amines is 1. The number of carbonyl (C=O) groups excluding carboxylic acids is 2. The summed E-state index contributed by atoms with van der Waals surface area (Å²) < 4.78 is 49.2. The van der Waals surface area contributed by atoms with Gasteiger partial charge < -0.3 is 20.8 Å². The van der Waals surface area contributed by atoms with Gasteiger partial charge in [-0.25, -0.2) is 13.2 Å². The summed E-state index contributed by atoms with van der Waals surface area (Å²) in [5, 5.41) is 3.11. The second kappa shape index (κ2) is 12.5. The van der Waals surface area contributed by atoms with Crippen LogP contribution >= 0.6 is 0 Å². The number of carbonyl (C=O) groups is 2. The van der Waals surface area contributed by atoms with Gasteiger partial charge in [0.2, 0.25) is 0 Å². The fourth-order valence-corrected chi connectivity index (χ4v) is 4.20. The van der Waals surface area contributed by atoms with E-state index >= 15 is 8.78 Å². The zero-order valence-electron chi connectivity index (χ0n) is 23.2. The molecule has 0 spiro atoms. The van der Waals surface area contributed by atoms with Crippen LogP contribution in [0.1, 0.15) is 62.5 Å². The summed E-state index contributed by atoms with van der Waals surface area (Å²) in [7, 11) is 0. The minimum atomic E-state index is -1.00. The van der Waals surface area contributed by atoms with E-state index in [0.29, 0.717) is 12.0 Å². The Hall–Kier alpha value is -3.92. The molecule has 0 radical (unpaired) electrons. The Balaban J connectivity index is 1.83. The molecule has 10 heteroatoms. The van der Waals surface area contributed by atoms with Crippen molar-refractivity contribution in [2.75, 3.05) is 12.3 Å². The second-order valence-corrected chi connectivity index (χ2v) is 11.0. The number of halogens is 3. The highest BCUT2D eigenvalue weighted by Gasteiger charge is 2.26. The maximum absolute atomic E-state index is 15.2. The minimum Gasteiger partial charge on any atom is -0.459 e. The smallest absolute Gasteiger partial charge is 0.323 e. The quantitative estimate of drug-likeness (QED) is 0.234. The molecule has 2 aromatic carbocycles. The van der Waals surface area contributed by atoms with Crippen LogP contribution in [0.3, 0.4) is 0 Å². The highest BCUT2D eigenvalue weighted by Crippen LogP contribution is 2.27.